The molecule has 2 atom stereocenters. The van der Waals surface area contributed by atoms with Gasteiger partial charge in [0.25, 0.3) is 0 Å². The van der Waals surface area contributed by atoms with Crippen LogP contribution in [0.4, 0.5) is 0 Å². The van der Waals surface area contributed by atoms with Crippen molar-refractivity contribution in [3.05, 3.63) is 0 Å². The minimum atomic E-state index is -1.19. The SMILES string of the molecule is CCOCC(=O)N[C@H](C[C@@H](C)C(=O)OCC)C(=O)O. The molecule has 7 nitrogen and oxygen atoms in total. The van der Waals surface area contributed by atoms with E-state index in [1.807, 2.05) is 0 Å². The maximum Gasteiger partial charge on any atom is 0.326 e. The van der Waals surface area contributed by atoms with E-state index < -0.39 is 29.8 Å². The number of hydrogen-bond donors (Lipinski definition) is 2. The summed E-state index contributed by atoms with van der Waals surface area (Å²) in [6.45, 7) is 5.35. The van der Waals surface area contributed by atoms with Crippen LogP contribution in [0.15, 0.2) is 0 Å². The summed E-state index contributed by atoms with van der Waals surface area (Å²) in [6.07, 6.45) is -0.0218. The maximum atomic E-state index is 11.4. The highest BCUT2D eigenvalue weighted by molar-refractivity contribution is 5.84. The highest BCUT2D eigenvalue weighted by Gasteiger charge is 2.26. The van der Waals surface area contributed by atoms with Crippen LogP contribution in [0, 0.1) is 5.92 Å². The molecule has 0 aliphatic rings. The Morgan fingerprint density at radius 3 is 2.32 bits per heavy atom. The lowest BCUT2D eigenvalue weighted by Crippen LogP contribution is -2.44. The van der Waals surface area contributed by atoms with Crippen LogP contribution in [0.3, 0.4) is 0 Å². The van der Waals surface area contributed by atoms with Crippen molar-refractivity contribution in [2.45, 2.75) is 33.2 Å². The Labute approximate surface area is 112 Å². The van der Waals surface area contributed by atoms with Crippen molar-refractivity contribution in [3.8, 4) is 0 Å². The molecule has 0 aromatic carbocycles. The second-order valence-corrected chi connectivity index (χ2v) is 3.98. The summed E-state index contributed by atoms with van der Waals surface area (Å²) in [7, 11) is 0. The first kappa shape index (κ1) is 17.4. The van der Waals surface area contributed by atoms with Crippen LogP contribution in [0.2, 0.25) is 0 Å². The zero-order chi connectivity index (χ0) is 14.8. The van der Waals surface area contributed by atoms with Gasteiger partial charge in [-0.05, 0) is 20.3 Å². The molecule has 0 aliphatic heterocycles. The number of rotatable bonds is 9. The number of nitrogens with one attached hydrogen (secondary N) is 1. The number of esters is 1. The van der Waals surface area contributed by atoms with Gasteiger partial charge in [-0.1, -0.05) is 6.92 Å². The first-order valence-corrected chi connectivity index (χ1v) is 6.18. The van der Waals surface area contributed by atoms with Crippen LogP contribution >= 0.6 is 0 Å². The number of amides is 1. The number of hydrogen-bond acceptors (Lipinski definition) is 5. The fraction of sp³-hybridized carbons (Fsp3) is 0.750. The van der Waals surface area contributed by atoms with E-state index in [1.165, 1.54) is 0 Å². The number of carboxylic acids is 1. The van der Waals surface area contributed by atoms with E-state index in [9.17, 15) is 14.4 Å². The highest BCUT2D eigenvalue weighted by atomic mass is 16.5. The second-order valence-electron chi connectivity index (χ2n) is 3.98. The minimum Gasteiger partial charge on any atom is -0.480 e. The zero-order valence-corrected chi connectivity index (χ0v) is 11.5. The van der Waals surface area contributed by atoms with E-state index in [0.29, 0.717) is 6.61 Å². The smallest absolute Gasteiger partial charge is 0.326 e. The molecule has 110 valence electrons. The van der Waals surface area contributed by atoms with Crippen LogP contribution in [-0.4, -0.2) is 48.8 Å². The number of aliphatic carboxylic acids is 1. The molecule has 0 aromatic rings. The van der Waals surface area contributed by atoms with Crippen LogP contribution in [0.5, 0.6) is 0 Å². The van der Waals surface area contributed by atoms with Crippen molar-refractivity contribution >= 4 is 17.8 Å². The van der Waals surface area contributed by atoms with E-state index in [4.69, 9.17) is 14.6 Å². The predicted octanol–water partition coefficient (Wildman–Crippen LogP) is 0.182. The lowest BCUT2D eigenvalue weighted by molar-refractivity contribution is -0.149. The monoisotopic (exact) mass is 275 g/mol. The summed E-state index contributed by atoms with van der Waals surface area (Å²) in [5.41, 5.74) is 0. The Kier molecular flexibility index (Phi) is 8.52. The number of ether oxygens (including phenoxy) is 2. The lowest BCUT2D eigenvalue weighted by atomic mass is 10.0. The highest BCUT2D eigenvalue weighted by Crippen LogP contribution is 2.09. The molecule has 0 aromatic heterocycles. The number of carbonyl (C=O) groups is 3. The van der Waals surface area contributed by atoms with E-state index >= 15 is 0 Å². The molecular weight excluding hydrogens is 254 g/mol. The van der Waals surface area contributed by atoms with Crippen molar-refractivity contribution < 1.29 is 29.0 Å². The average molecular weight is 275 g/mol. The fourth-order valence-corrected chi connectivity index (χ4v) is 1.39. The van der Waals surface area contributed by atoms with E-state index in [1.54, 1.807) is 20.8 Å². The third-order valence-electron chi connectivity index (χ3n) is 2.35. The summed E-state index contributed by atoms with van der Waals surface area (Å²) in [4.78, 5) is 33.8. The van der Waals surface area contributed by atoms with Crippen LogP contribution < -0.4 is 5.32 Å². The number of carbonyl (C=O) groups excluding carboxylic acids is 2. The Balaban J connectivity index is 4.37. The fourth-order valence-electron chi connectivity index (χ4n) is 1.39. The topological polar surface area (TPSA) is 102 Å². The third kappa shape index (κ3) is 7.40. The quantitative estimate of drug-likeness (QED) is 0.582. The third-order valence-corrected chi connectivity index (χ3v) is 2.35. The van der Waals surface area contributed by atoms with Crippen molar-refractivity contribution in [1.82, 2.24) is 5.32 Å². The molecule has 0 saturated heterocycles. The largest absolute Gasteiger partial charge is 0.480 e. The molecule has 0 unspecified atom stereocenters. The van der Waals surface area contributed by atoms with E-state index in [0.717, 1.165) is 0 Å². The van der Waals surface area contributed by atoms with Gasteiger partial charge in [0.05, 0.1) is 12.5 Å². The first-order chi connectivity index (χ1) is 8.92. The second kappa shape index (κ2) is 9.32. The summed E-state index contributed by atoms with van der Waals surface area (Å²) >= 11 is 0. The van der Waals surface area contributed by atoms with E-state index in [-0.39, 0.29) is 19.6 Å². The molecule has 1 amide bonds. The van der Waals surface area contributed by atoms with Crippen molar-refractivity contribution in [1.29, 1.82) is 0 Å². The van der Waals surface area contributed by atoms with Gasteiger partial charge in [-0.3, -0.25) is 9.59 Å². The molecule has 19 heavy (non-hydrogen) atoms. The van der Waals surface area contributed by atoms with Crippen LogP contribution in [0.25, 0.3) is 0 Å². The van der Waals surface area contributed by atoms with Gasteiger partial charge in [0.2, 0.25) is 5.91 Å². The van der Waals surface area contributed by atoms with Crippen LogP contribution in [0.1, 0.15) is 27.2 Å². The molecule has 0 spiro atoms. The Morgan fingerprint density at radius 2 is 1.84 bits per heavy atom. The normalized spacial score (nSPS) is 13.4. The zero-order valence-electron chi connectivity index (χ0n) is 11.5. The molecule has 2 N–H and O–H groups in total. The van der Waals surface area contributed by atoms with Gasteiger partial charge in [-0.2, -0.15) is 0 Å². The van der Waals surface area contributed by atoms with Gasteiger partial charge in [0.15, 0.2) is 0 Å². The molecule has 0 fully saturated rings. The van der Waals surface area contributed by atoms with Crippen molar-refractivity contribution in [3.63, 3.8) is 0 Å². The van der Waals surface area contributed by atoms with Crippen LogP contribution in [-0.2, 0) is 23.9 Å². The average Bonchev–Trinajstić information content (AvgIpc) is 2.35. The Morgan fingerprint density at radius 1 is 1.21 bits per heavy atom. The summed E-state index contributed by atoms with van der Waals surface area (Å²) < 4.78 is 9.66. The lowest BCUT2D eigenvalue weighted by Gasteiger charge is -2.17. The maximum absolute atomic E-state index is 11.4. The Bertz CT molecular complexity index is 317. The molecule has 0 rings (SSSR count). The molecule has 0 heterocycles. The van der Waals surface area contributed by atoms with Gasteiger partial charge in [0.1, 0.15) is 12.6 Å². The first-order valence-electron chi connectivity index (χ1n) is 6.18. The molecule has 0 bridgehead atoms. The number of carboxylic acid groups (broad SMARTS) is 1. The summed E-state index contributed by atoms with van der Waals surface area (Å²) in [5.74, 6) is -2.80. The minimum absolute atomic E-state index is 0.0218. The van der Waals surface area contributed by atoms with E-state index in [2.05, 4.69) is 5.32 Å². The van der Waals surface area contributed by atoms with Gasteiger partial charge in [-0.25, -0.2) is 4.79 Å². The predicted molar refractivity (Wildman–Crippen MR) is 66.5 cm³/mol. The van der Waals surface area contributed by atoms with Crippen molar-refractivity contribution in [2.24, 2.45) is 5.92 Å². The van der Waals surface area contributed by atoms with Gasteiger partial charge in [-0.15, -0.1) is 0 Å². The standard InChI is InChI=1S/C12H21NO6/c1-4-18-7-10(14)13-9(11(15)16)6-8(3)12(17)19-5-2/h8-9H,4-7H2,1-3H3,(H,13,14)(H,15,16)/t8-,9-/m1/s1. The molecule has 0 radical (unpaired) electrons. The summed E-state index contributed by atoms with van der Waals surface area (Å²) in [6, 6.07) is -1.13. The van der Waals surface area contributed by atoms with Gasteiger partial charge in [0, 0.05) is 6.61 Å². The van der Waals surface area contributed by atoms with Gasteiger partial charge >= 0.3 is 11.9 Å². The molecular formula is C12H21NO6. The molecule has 0 aliphatic carbocycles. The molecule has 0 saturated carbocycles. The van der Waals surface area contributed by atoms with Crippen molar-refractivity contribution in [2.75, 3.05) is 19.8 Å². The Hall–Kier alpha value is -1.63. The summed E-state index contributed by atoms with van der Waals surface area (Å²) in [5, 5.41) is 11.3. The van der Waals surface area contributed by atoms with Gasteiger partial charge < -0.3 is 19.9 Å². The molecule has 7 heteroatoms.